The van der Waals surface area contributed by atoms with Gasteiger partial charge in [-0.1, -0.05) is 19.1 Å². The van der Waals surface area contributed by atoms with Gasteiger partial charge < -0.3 is 14.8 Å². The van der Waals surface area contributed by atoms with Crippen molar-refractivity contribution in [3.8, 4) is 5.75 Å². The fourth-order valence-corrected chi connectivity index (χ4v) is 2.84. The van der Waals surface area contributed by atoms with Crippen LogP contribution in [0.5, 0.6) is 5.75 Å². The van der Waals surface area contributed by atoms with E-state index in [1.165, 1.54) is 11.1 Å². The summed E-state index contributed by atoms with van der Waals surface area (Å²) in [5.74, 6) is 0.498. The lowest BCUT2D eigenvalue weighted by Crippen LogP contribution is -2.25. The third kappa shape index (κ3) is 4.21. The average molecular weight is 291 g/mol. The lowest BCUT2D eigenvalue weighted by molar-refractivity contribution is -0.149. The molecule has 2 rings (SSSR count). The number of carbonyl (C=O) groups is 1. The van der Waals surface area contributed by atoms with Crippen molar-refractivity contribution >= 4 is 5.97 Å². The van der Waals surface area contributed by atoms with Crippen molar-refractivity contribution in [2.75, 3.05) is 13.2 Å². The van der Waals surface area contributed by atoms with Gasteiger partial charge in [0.05, 0.1) is 6.10 Å². The molecule has 0 aliphatic heterocycles. The monoisotopic (exact) mass is 291 g/mol. The molecule has 0 bridgehead atoms. The van der Waals surface area contributed by atoms with Gasteiger partial charge in [-0.3, -0.25) is 0 Å². The predicted molar refractivity (Wildman–Crippen MR) is 82.5 cm³/mol. The van der Waals surface area contributed by atoms with E-state index in [0.717, 1.165) is 31.6 Å². The molecule has 116 valence electrons. The molecule has 1 aliphatic rings. The molecule has 4 nitrogen and oxygen atoms in total. The van der Waals surface area contributed by atoms with E-state index < -0.39 is 0 Å². The van der Waals surface area contributed by atoms with Crippen molar-refractivity contribution < 1.29 is 14.3 Å². The number of ether oxygens (including phenoxy) is 2. The number of hydrogen-bond acceptors (Lipinski definition) is 4. The lowest BCUT2D eigenvalue weighted by atomic mass is 9.87. The number of rotatable bonds is 6. The molecule has 1 N–H and O–H groups in total. The largest absolute Gasteiger partial charge is 0.482 e. The van der Waals surface area contributed by atoms with Crippen molar-refractivity contribution in [3.05, 3.63) is 29.3 Å². The van der Waals surface area contributed by atoms with Crippen molar-refractivity contribution in [2.24, 2.45) is 0 Å². The number of benzene rings is 1. The summed E-state index contributed by atoms with van der Waals surface area (Å²) in [6.07, 6.45) is 3.19. The van der Waals surface area contributed by atoms with Gasteiger partial charge in [0.2, 0.25) is 0 Å². The van der Waals surface area contributed by atoms with Crippen molar-refractivity contribution in [1.29, 1.82) is 0 Å². The Hall–Kier alpha value is -1.55. The summed E-state index contributed by atoms with van der Waals surface area (Å²) in [6.45, 7) is 6.72. The quantitative estimate of drug-likeness (QED) is 0.819. The molecule has 1 aromatic rings. The predicted octanol–water partition coefficient (Wildman–Crippen LogP) is 3.00. The van der Waals surface area contributed by atoms with E-state index >= 15 is 0 Å². The Morgan fingerprint density at radius 1 is 1.43 bits per heavy atom. The number of fused-ring (bicyclic) bond motifs is 1. The van der Waals surface area contributed by atoms with Crippen LogP contribution in [-0.2, 0) is 16.0 Å². The molecule has 1 aromatic carbocycles. The normalized spacial score (nSPS) is 17.4. The van der Waals surface area contributed by atoms with E-state index in [4.69, 9.17) is 9.47 Å². The molecule has 0 heterocycles. The number of hydrogen-bond donors (Lipinski definition) is 1. The first kappa shape index (κ1) is 15.8. The highest BCUT2D eigenvalue weighted by molar-refractivity contribution is 5.71. The molecule has 0 aromatic heterocycles. The Morgan fingerprint density at radius 2 is 2.24 bits per heavy atom. The highest BCUT2D eigenvalue weighted by Crippen LogP contribution is 2.35. The molecule has 1 unspecified atom stereocenters. The van der Waals surface area contributed by atoms with Gasteiger partial charge in [0.15, 0.2) is 6.61 Å². The summed E-state index contributed by atoms with van der Waals surface area (Å²) >= 11 is 0. The number of esters is 1. The Balaban J connectivity index is 2.07. The van der Waals surface area contributed by atoms with Gasteiger partial charge in [-0.25, -0.2) is 4.79 Å². The van der Waals surface area contributed by atoms with Gasteiger partial charge in [0, 0.05) is 6.04 Å². The molecule has 4 heteroatoms. The van der Waals surface area contributed by atoms with Crippen LogP contribution >= 0.6 is 0 Å². The highest BCUT2D eigenvalue weighted by Gasteiger charge is 2.22. The van der Waals surface area contributed by atoms with Crippen molar-refractivity contribution in [1.82, 2.24) is 5.32 Å². The van der Waals surface area contributed by atoms with E-state index in [-0.39, 0.29) is 18.7 Å². The average Bonchev–Trinajstić information content (AvgIpc) is 2.45. The zero-order valence-electron chi connectivity index (χ0n) is 13.1. The van der Waals surface area contributed by atoms with Crippen LogP contribution in [0.25, 0.3) is 0 Å². The molecule has 1 aliphatic carbocycles. The fraction of sp³-hybridized carbons (Fsp3) is 0.588. The third-order valence-corrected chi connectivity index (χ3v) is 3.63. The fourth-order valence-electron chi connectivity index (χ4n) is 2.84. The summed E-state index contributed by atoms with van der Waals surface area (Å²) in [7, 11) is 0. The second-order valence-corrected chi connectivity index (χ2v) is 5.65. The number of carbonyl (C=O) groups excluding carboxylic acids is 1. The molecule has 0 amide bonds. The zero-order valence-corrected chi connectivity index (χ0v) is 13.1. The van der Waals surface area contributed by atoms with Crippen LogP contribution in [0.3, 0.4) is 0 Å². The SMILES string of the molecule is CCNC1CCCc2c(OCC(=O)OC(C)C)cccc21. The van der Waals surface area contributed by atoms with Crippen LogP contribution < -0.4 is 10.1 Å². The molecule has 1 atom stereocenters. The third-order valence-electron chi connectivity index (χ3n) is 3.63. The summed E-state index contributed by atoms with van der Waals surface area (Å²) < 4.78 is 10.8. The van der Waals surface area contributed by atoms with E-state index in [2.05, 4.69) is 18.3 Å². The second-order valence-electron chi connectivity index (χ2n) is 5.65. The molecular weight excluding hydrogens is 266 g/mol. The van der Waals surface area contributed by atoms with Crippen LogP contribution in [0.2, 0.25) is 0 Å². The highest BCUT2D eigenvalue weighted by atomic mass is 16.6. The minimum atomic E-state index is -0.318. The minimum absolute atomic E-state index is 0.0273. The van der Waals surface area contributed by atoms with Crippen LogP contribution in [0.4, 0.5) is 0 Å². The van der Waals surface area contributed by atoms with Crippen LogP contribution in [-0.4, -0.2) is 25.2 Å². The topological polar surface area (TPSA) is 47.6 Å². The standard InChI is InChI=1S/C17H25NO3/c1-4-18-15-9-5-8-14-13(15)7-6-10-16(14)20-11-17(19)21-12(2)3/h6-7,10,12,15,18H,4-5,8-9,11H2,1-3H3. The maximum atomic E-state index is 11.6. The maximum absolute atomic E-state index is 11.6. The second kappa shape index (κ2) is 7.46. The zero-order chi connectivity index (χ0) is 15.2. The summed E-state index contributed by atoms with van der Waals surface area (Å²) in [5, 5.41) is 3.51. The van der Waals surface area contributed by atoms with E-state index in [0.29, 0.717) is 6.04 Å². The first-order valence-corrected chi connectivity index (χ1v) is 7.79. The molecule has 0 fully saturated rings. The van der Waals surface area contributed by atoms with Crippen LogP contribution in [0.15, 0.2) is 18.2 Å². The van der Waals surface area contributed by atoms with Gasteiger partial charge in [-0.2, -0.15) is 0 Å². The maximum Gasteiger partial charge on any atom is 0.344 e. The van der Waals surface area contributed by atoms with E-state index in [1.54, 1.807) is 0 Å². The Bertz CT molecular complexity index is 485. The van der Waals surface area contributed by atoms with Crippen LogP contribution in [0, 0.1) is 0 Å². The molecule has 21 heavy (non-hydrogen) atoms. The Labute approximate surface area is 126 Å². The van der Waals surface area contributed by atoms with Crippen LogP contribution in [0.1, 0.15) is 50.8 Å². The van der Waals surface area contributed by atoms with Gasteiger partial charge in [0.1, 0.15) is 5.75 Å². The summed E-state index contributed by atoms with van der Waals surface area (Å²) in [5.41, 5.74) is 2.53. The Morgan fingerprint density at radius 3 is 2.95 bits per heavy atom. The van der Waals surface area contributed by atoms with Crippen molar-refractivity contribution in [2.45, 2.75) is 52.2 Å². The first-order chi connectivity index (χ1) is 10.1. The lowest BCUT2D eigenvalue weighted by Gasteiger charge is -2.27. The van der Waals surface area contributed by atoms with Gasteiger partial charge in [-0.15, -0.1) is 0 Å². The first-order valence-electron chi connectivity index (χ1n) is 7.79. The molecule has 0 saturated heterocycles. The van der Waals surface area contributed by atoms with Gasteiger partial charge in [-0.05, 0) is 56.8 Å². The van der Waals surface area contributed by atoms with Gasteiger partial charge in [0.25, 0.3) is 0 Å². The summed E-state index contributed by atoms with van der Waals surface area (Å²) in [4.78, 5) is 11.6. The smallest absolute Gasteiger partial charge is 0.344 e. The van der Waals surface area contributed by atoms with Crippen molar-refractivity contribution in [3.63, 3.8) is 0 Å². The molecule has 0 spiro atoms. The molecular formula is C17H25NO3. The number of nitrogens with one attached hydrogen (secondary N) is 1. The van der Waals surface area contributed by atoms with E-state index in [9.17, 15) is 4.79 Å². The van der Waals surface area contributed by atoms with Gasteiger partial charge >= 0.3 is 5.97 Å². The molecule has 0 radical (unpaired) electrons. The summed E-state index contributed by atoms with van der Waals surface area (Å²) in [6, 6.07) is 6.49. The van der Waals surface area contributed by atoms with E-state index in [1.807, 2.05) is 26.0 Å². The minimum Gasteiger partial charge on any atom is -0.482 e. The molecule has 0 saturated carbocycles. The Kier molecular flexibility index (Phi) is 5.62.